The molecule has 0 aromatic heterocycles. The molecule has 5 nitrogen and oxygen atoms in total. The molecule has 0 saturated carbocycles. The monoisotopic (exact) mass is 312 g/mol. The third-order valence-corrected chi connectivity index (χ3v) is 3.48. The molecule has 0 heterocycles. The van der Waals surface area contributed by atoms with Crippen molar-refractivity contribution in [3.63, 3.8) is 0 Å². The van der Waals surface area contributed by atoms with Crippen LogP contribution in [-0.2, 0) is 4.79 Å². The van der Waals surface area contributed by atoms with Gasteiger partial charge in [0.05, 0.1) is 6.21 Å². The highest BCUT2D eigenvalue weighted by atomic mass is 16.5. The van der Waals surface area contributed by atoms with Crippen molar-refractivity contribution in [1.82, 2.24) is 5.43 Å². The summed E-state index contributed by atoms with van der Waals surface area (Å²) in [6, 6.07) is 12.4. The minimum Gasteiger partial charge on any atom is -0.507 e. The first kappa shape index (κ1) is 16.5. The topological polar surface area (TPSA) is 70.9 Å². The Kier molecular flexibility index (Phi) is 5.36. The van der Waals surface area contributed by atoms with Crippen LogP contribution in [0.4, 0.5) is 0 Å². The van der Waals surface area contributed by atoms with Gasteiger partial charge in [-0.1, -0.05) is 18.2 Å². The Hall–Kier alpha value is -2.82. The van der Waals surface area contributed by atoms with E-state index >= 15 is 0 Å². The van der Waals surface area contributed by atoms with Crippen LogP contribution in [0.25, 0.3) is 0 Å². The maximum Gasteiger partial charge on any atom is 0.280 e. The molecule has 0 fully saturated rings. The fourth-order valence-electron chi connectivity index (χ4n) is 1.90. The van der Waals surface area contributed by atoms with Gasteiger partial charge in [0.1, 0.15) is 11.5 Å². The molecule has 0 spiro atoms. The highest BCUT2D eigenvalue weighted by molar-refractivity contribution is 5.86. The number of carbonyl (C=O) groups is 1. The molecule has 2 aromatic carbocycles. The van der Waals surface area contributed by atoms with Crippen LogP contribution in [0.2, 0.25) is 0 Å². The van der Waals surface area contributed by atoms with Gasteiger partial charge in [0.2, 0.25) is 0 Å². The second kappa shape index (κ2) is 7.45. The van der Waals surface area contributed by atoms with E-state index in [1.165, 1.54) is 11.8 Å². The number of hydrazone groups is 1. The number of hydrogen-bond acceptors (Lipinski definition) is 4. The number of carbonyl (C=O) groups excluding carboxylic acids is 1. The fourth-order valence-corrected chi connectivity index (χ4v) is 1.90. The van der Waals surface area contributed by atoms with E-state index in [-0.39, 0.29) is 11.7 Å². The molecule has 0 bridgehead atoms. The van der Waals surface area contributed by atoms with Crippen molar-refractivity contribution in [2.24, 2.45) is 5.10 Å². The van der Waals surface area contributed by atoms with Crippen LogP contribution in [-0.4, -0.2) is 23.3 Å². The second-order valence-electron chi connectivity index (χ2n) is 5.30. The number of phenolic OH excluding ortho intramolecular Hbond substituents is 1. The molecule has 23 heavy (non-hydrogen) atoms. The van der Waals surface area contributed by atoms with Crippen LogP contribution in [0, 0.1) is 13.8 Å². The standard InChI is InChI=1S/C18H20N2O3/c1-12-8-9-16(10-13(12)2)23-14(3)18(22)20-19-11-15-6-4-5-7-17(15)21/h4-11,14,21H,1-3H3,(H,20,22)/b19-11+. The lowest BCUT2D eigenvalue weighted by atomic mass is 10.1. The van der Waals surface area contributed by atoms with E-state index < -0.39 is 6.10 Å². The van der Waals surface area contributed by atoms with Crippen LogP contribution >= 0.6 is 0 Å². The molecule has 1 unspecified atom stereocenters. The molecule has 0 aliphatic carbocycles. The lowest BCUT2D eigenvalue weighted by molar-refractivity contribution is -0.127. The molecule has 2 aromatic rings. The third kappa shape index (κ3) is 4.57. The summed E-state index contributed by atoms with van der Waals surface area (Å²) in [6.07, 6.45) is 0.703. The molecule has 0 radical (unpaired) electrons. The fraction of sp³-hybridized carbons (Fsp3) is 0.222. The first-order valence-corrected chi connectivity index (χ1v) is 7.32. The number of nitrogens with zero attached hydrogens (tertiary/aromatic N) is 1. The first-order chi connectivity index (χ1) is 11.0. The highest BCUT2D eigenvalue weighted by Gasteiger charge is 2.14. The molecule has 5 heteroatoms. The minimum absolute atomic E-state index is 0.102. The smallest absolute Gasteiger partial charge is 0.280 e. The Morgan fingerprint density at radius 1 is 1.22 bits per heavy atom. The number of ether oxygens (including phenoxy) is 1. The predicted molar refractivity (Wildman–Crippen MR) is 89.8 cm³/mol. The number of para-hydroxylation sites is 1. The number of aromatic hydroxyl groups is 1. The highest BCUT2D eigenvalue weighted by Crippen LogP contribution is 2.17. The quantitative estimate of drug-likeness (QED) is 0.659. The van der Waals surface area contributed by atoms with E-state index in [0.717, 1.165) is 5.56 Å². The number of amides is 1. The zero-order valence-corrected chi connectivity index (χ0v) is 13.4. The first-order valence-electron chi connectivity index (χ1n) is 7.32. The van der Waals surface area contributed by atoms with E-state index in [1.54, 1.807) is 31.2 Å². The Labute approximate surface area is 135 Å². The van der Waals surface area contributed by atoms with E-state index in [9.17, 15) is 9.90 Å². The second-order valence-corrected chi connectivity index (χ2v) is 5.30. The van der Waals surface area contributed by atoms with Gasteiger partial charge in [-0.25, -0.2) is 5.43 Å². The lowest BCUT2D eigenvalue weighted by Crippen LogP contribution is -2.33. The minimum atomic E-state index is -0.682. The normalized spacial score (nSPS) is 12.1. The maximum absolute atomic E-state index is 12.0. The van der Waals surface area contributed by atoms with E-state index in [0.29, 0.717) is 11.3 Å². The van der Waals surface area contributed by atoms with Crippen molar-refractivity contribution in [2.45, 2.75) is 26.9 Å². The zero-order valence-electron chi connectivity index (χ0n) is 13.4. The van der Waals surface area contributed by atoms with Crippen molar-refractivity contribution in [3.05, 3.63) is 59.2 Å². The van der Waals surface area contributed by atoms with Crippen molar-refractivity contribution in [1.29, 1.82) is 0 Å². The summed E-state index contributed by atoms with van der Waals surface area (Å²) in [6.45, 7) is 5.66. The Balaban J connectivity index is 1.92. The van der Waals surface area contributed by atoms with Crippen molar-refractivity contribution < 1.29 is 14.6 Å². The van der Waals surface area contributed by atoms with Crippen LogP contribution in [0.15, 0.2) is 47.6 Å². The molecule has 0 aliphatic rings. The number of nitrogens with one attached hydrogen (secondary N) is 1. The molecule has 0 saturated heterocycles. The lowest BCUT2D eigenvalue weighted by Gasteiger charge is -2.14. The van der Waals surface area contributed by atoms with Gasteiger partial charge in [0.15, 0.2) is 6.10 Å². The summed E-state index contributed by atoms with van der Waals surface area (Å²) in [4.78, 5) is 12.0. The summed E-state index contributed by atoms with van der Waals surface area (Å²) in [5.41, 5.74) is 5.20. The molecule has 1 amide bonds. The van der Waals surface area contributed by atoms with Gasteiger partial charge in [-0.2, -0.15) is 5.10 Å². The van der Waals surface area contributed by atoms with E-state index in [4.69, 9.17) is 4.74 Å². The SMILES string of the molecule is Cc1ccc(OC(C)C(=O)N/N=C/c2ccccc2O)cc1C. The third-order valence-electron chi connectivity index (χ3n) is 3.48. The largest absolute Gasteiger partial charge is 0.507 e. The predicted octanol–water partition coefficient (Wildman–Crippen LogP) is 2.93. The van der Waals surface area contributed by atoms with Crippen molar-refractivity contribution in [3.8, 4) is 11.5 Å². The summed E-state index contributed by atoms with van der Waals surface area (Å²) in [5.74, 6) is 0.375. The summed E-state index contributed by atoms with van der Waals surface area (Å²) in [5, 5.41) is 13.4. The van der Waals surface area contributed by atoms with Gasteiger partial charge in [0, 0.05) is 5.56 Å². The summed E-state index contributed by atoms with van der Waals surface area (Å²) < 4.78 is 5.60. The van der Waals surface area contributed by atoms with Crippen LogP contribution < -0.4 is 10.2 Å². The number of hydrogen-bond donors (Lipinski definition) is 2. The van der Waals surface area contributed by atoms with Gasteiger partial charge >= 0.3 is 0 Å². The van der Waals surface area contributed by atoms with Crippen molar-refractivity contribution in [2.75, 3.05) is 0 Å². The average Bonchev–Trinajstić information content (AvgIpc) is 2.52. The van der Waals surface area contributed by atoms with Crippen molar-refractivity contribution >= 4 is 12.1 Å². The molecular formula is C18H20N2O3. The Morgan fingerprint density at radius 2 is 1.96 bits per heavy atom. The van der Waals surface area contributed by atoms with Crippen LogP contribution in [0.5, 0.6) is 11.5 Å². The average molecular weight is 312 g/mol. The molecule has 120 valence electrons. The van der Waals surface area contributed by atoms with Gasteiger partial charge in [0.25, 0.3) is 5.91 Å². The van der Waals surface area contributed by atoms with Crippen LogP contribution in [0.1, 0.15) is 23.6 Å². The molecular weight excluding hydrogens is 292 g/mol. The number of benzene rings is 2. The van der Waals surface area contributed by atoms with Gasteiger partial charge in [-0.3, -0.25) is 4.79 Å². The maximum atomic E-state index is 12.0. The summed E-state index contributed by atoms with van der Waals surface area (Å²) in [7, 11) is 0. The Morgan fingerprint density at radius 3 is 2.65 bits per heavy atom. The zero-order chi connectivity index (χ0) is 16.8. The number of rotatable bonds is 5. The van der Waals surface area contributed by atoms with Gasteiger partial charge in [-0.05, 0) is 56.2 Å². The molecule has 1 atom stereocenters. The van der Waals surface area contributed by atoms with E-state index in [1.807, 2.05) is 32.0 Å². The summed E-state index contributed by atoms with van der Waals surface area (Å²) >= 11 is 0. The molecule has 2 rings (SSSR count). The Bertz CT molecular complexity index is 726. The number of phenols is 1. The number of aryl methyl sites for hydroxylation is 2. The molecule has 0 aliphatic heterocycles. The van der Waals surface area contributed by atoms with Gasteiger partial charge < -0.3 is 9.84 Å². The molecule has 2 N–H and O–H groups in total. The van der Waals surface area contributed by atoms with E-state index in [2.05, 4.69) is 10.5 Å². The van der Waals surface area contributed by atoms with Crippen LogP contribution in [0.3, 0.4) is 0 Å². The van der Waals surface area contributed by atoms with Gasteiger partial charge in [-0.15, -0.1) is 0 Å².